The maximum absolute atomic E-state index is 15.4. The van der Waals surface area contributed by atoms with Crippen molar-refractivity contribution in [1.82, 2.24) is 9.80 Å². The van der Waals surface area contributed by atoms with E-state index in [1.165, 1.54) is 38.5 Å². The van der Waals surface area contributed by atoms with Crippen molar-refractivity contribution >= 4 is 17.8 Å². The average Bonchev–Trinajstić information content (AvgIpc) is 3.52. The van der Waals surface area contributed by atoms with E-state index in [1.54, 1.807) is 0 Å². The zero-order valence-electron chi connectivity index (χ0n) is 36.4. The number of ether oxygens (including phenoxy) is 1. The van der Waals surface area contributed by atoms with Crippen LogP contribution in [0.4, 0.5) is 8.78 Å². The van der Waals surface area contributed by atoms with Gasteiger partial charge in [-0.1, -0.05) is 48.5 Å². The van der Waals surface area contributed by atoms with Gasteiger partial charge in [-0.15, -0.1) is 0 Å². The third kappa shape index (κ3) is 5.91. The lowest BCUT2D eigenvalue weighted by molar-refractivity contribution is -0.240. The molecular weight excluding hydrogens is 723 g/mol. The van der Waals surface area contributed by atoms with Crippen LogP contribution in [0.1, 0.15) is 158 Å². The Morgan fingerprint density at radius 2 is 1.42 bits per heavy atom. The molecule has 0 bridgehead atoms. The molecule has 320 valence electrons. The normalized spacial score (nSPS) is 49.4. The van der Waals surface area contributed by atoms with Crippen molar-refractivity contribution in [1.29, 1.82) is 0 Å². The summed E-state index contributed by atoms with van der Waals surface area (Å²) in [4.78, 5) is 45.3. The summed E-state index contributed by atoms with van der Waals surface area (Å²) in [6.07, 6.45) is 15.7. The molecule has 9 aliphatic rings. The zero-order valence-corrected chi connectivity index (χ0v) is 36.4. The van der Waals surface area contributed by atoms with E-state index in [1.807, 2.05) is 13.8 Å². The van der Waals surface area contributed by atoms with Crippen LogP contribution in [0.2, 0.25) is 0 Å². The number of rotatable bonds is 7. The number of amides is 1. The van der Waals surface area contributed by atoms with Gasteiger partial charge in [-0.05, 0) is 159 Å². The second-order valence-electron chi connectivity index (χ2n) is 23.5. The van der Waals surface area contributed by atoms with Gasteiger partial charge in [-0.2, -0.15) is 0 Å². The minimum absolute atomic E-state index is 0.0673. The van der Waals surface area contributed by atoms with Gasteiger partial charge in [-0.3, -0.25) is 14.4 Å². The standard InChI is InChI=1S/C48H74F2N2O5/c1-29-31-12-16-46(7)37(44(31,5)15-14-36(29)57-40(55)35-27-34(39(53)54)42(35,2)3)11-10-33-38-32(43(4)18-19-43)13-17-47(38,21-20-45(33,46)6)41(56)52-24-8-9-30(52)28-51-25-22-48(49,50)23-26-51/h29-38H,8-28H2,1-7H3,(H,53,54)/t29-,30+,31?,32-,33-,34+,35-,36+,37?,38?,44+,45-,46-,47+/m1/s1. The van der Waals surface area contributed by atoms with Crippen LogP contribution in [0, 0.1) is 79.8 Å². The number of carbonyl (C=O) groups is 3. The zero-order chi connectivity index (χ0) is 40.7. The molecule has 9 fully saturated rings. The Hall–Kier alpha value is -1.77. The first-order valence-electron chi connectivity index (χ1n) is 23.6. The molecule has 9 rings (SSSR count). The third-order valence-corrected chi connectivity index (χ3v) is 21.1. The number of carboxylic acid groups (broad SMARTS) is 1. The molecule has 1 N–H and O–H groups in total. The van der Waals surface area contributed by atoms with Gasteiger partial charge in [0.2, 0.25) is 5.91 Å². The largest absolute Gasteiger partial charge is 0.481 e. The monoisotopic (exact) mass is 797 g/mol. The molecule has 2 saturated heterocycles. The van der Waals surface area contributed by atoms with Gasteiger partial charge in [0.05, 0.1) is 17.3 Å². The van der Waals surface area contributed by atoms with Gasteiger partial charge in [0.15, 0.2) is 0 Å². The van der Waals surface area contributed by atoms with E-state index in [4.69, 9.17) is 4.74 Å². The van der Waals surface area contributed by atoms with Gasteiger partial charge in [0, 0.05) is 45.1 Å². The van der Waals surface area contributed by atoms with Crippen molar-refractivity contribution in [2.75, 3.05) is 26.2 Å². The predicted octanol–water partition coefficient (Wildman–Crippen LogP) is 9.86. The number of piperidine rings is 1. The van der Waals surface area contributed by atoms with Crippen LogP contribution < -0.4 is 0 Å². The van der Waals surface area contributed by atoms with E-state index in [0.29, 0.717) is 60.4 Å². The molecule has 57 heavy (non-hydrogen) atoms. The molecule has 0 spiro atoms. The Labute approximate surface area is 341 Å². The van der Waals surface area contributed by atoms with Crippen molar-refractivity contribution in [3.8, 4) is 0 Å². The fourth-order valence-corrected chi connectivity index (χ4v) is 17.0. The Bertz CT molecular complexity index is 1640. The van der Waals surface area contributed by atoms with Crippen LogP contribution >= 0.6 is 0 Å². The van der Waals surface area contributed by atoms with E-state index < -0.39 is 23.2 Å². The van der Waals surface area contributed by atoms with Crippen LogP contribution in [0.15, 0.2) is 0 Å². The molecule has 0 aromatic heterocycles. The van der Waals surface area contributed by atoms with Gasteiger partial charge in [0.1, 0.15) is 6.10 Å². The lowest BCUT2D eigenvalue weighted by Gasteiger charge is -2.72. The summed E-state index contributed by atoms with van der Waals surface area (Å²) in [6.45, 7) is 19.0. The fourth-order valence-electron chi connectivity index (χ4n) is 17.0. The molecule has 3 unspecified atom stereocenters. The molecule has 0 aromatic carbocycles. The molecule has 1 amide bonds. The van der Waals surface area contributed by atoms with Crippen LogP contribution in [-0.4, -0.2) is 77.0 Å². The van der Waals surface area contributed by atoms with Crippen LogP contribution in [-0.2, 0) is 19.1 Å². The summed E-state index contributed by atoms with van der Waals surface area (Å²) in [7, 11) is 0. The summed E-state index contributed by atoms with van der Waals surface area (Å²) >= 11 is 0. The summed E-state index contributed by atoms with van der Waals surface area (Å²) in [5.74, 6) is -1.10. The number of nitrogens with zero attached hydrogens (tertiary/aromatic N) is 2. The predicted molar refractivity (Wildman–Crippen MR) is 215 cm³/mol. The number of carboxylic acids is 1. The van der Waals surface area contributed by atoms with E-state index in [9.17, 15) is 23.5 Å². The fraction of sp³-hybridized carbons (Fsp3) is 0.938. The van der Waals surface area contributed by atoms with Gasteiger partial charge in [0.25, 0.3) is 5.92 Å². The lowest BCUT2D eigenvalue weighted by Crippen LogP contribution is -2.67. The Kier molecular flexibility index (Phi) is 9.52. The molecule has 2 heterocycles. The summed E-state index contributed by atoms with van der Waals surface area (Å²) in [6, 6.07) is 0.143. The van der Waals surface area contributed by atoms with Gasteiger partial charge in [-0.25, -0.2) is 8.78 Å². The van der Waals surface area contributed by atoms with Crippen molar-refractivity contribution < 1.29 is 33.0 Å². The second-order valence-corrected chi connectivity index (χ2v) is 23.5. The first-order valence-corrected chi connectivity index (χ1v) is 23.6. The number of likely N-dealkylation sites (tertiary alicyclic amines) is 2. The number of halogens is 2. The molecule has 9 heteroatoms. The molecule has 7 saturated carbocycles. The van der Waals surface area contributed by atoms with Gasteiger partial charge < -0.3 is 19.6 Å². The van der Waals surface area contributed by atoms with Crippen molar-refractivity contribution in [2.45, 2.75) is 176 Å². The highest BCUT2D eigenvalue weighted by molar-refractivity contribution is 5.84. The highest BCUT2D eigenvalue weighted by Crippen LogP contribution is 2.79. The molecule has 7 nitrogen and oxygen atoms in total. The molecule has 7 aliphatic carbocycles. The summed E-state index contributed by atoms with van der Waals surface area (Å²) in [5, 5.41) is 9.66. The maximum atomic E-state index is 15.4. The molecule has 14 atom stereocenters. The Morgan fingerprint density at radius 1 is 0.719 bits per heavy atom. The topological polar surface area (TPSA) is 87.2 Å². The van der Waals surface area contributed by atoms with E-state index >= 15 is 4.79 Å². The first-order chi connectivity index (χ1) is 26.7. The number of alkyl halides is 2. The highest BCUT2D eigenvalue weighted by Gasteiger charge is 2.73. The van der Waals surface area contributed by atoms with E-state index in [0.717, 1.165) is 64.5 Å². The second kappa shape index (κ2) is 13.4. The molecule has 0 radical (unpaired) electrons. The van der Waals surface area contributed by atoms with Crippen LogP contribution in [0.3, 0.4) is 0 Å². The number of hydrogen-bond donors (Lipinski definition) is 1. The third-order valence-electron chi connectivity index (χ3n) is 21.1. The van der Waals surface area contributed by atoms with Crippen LogP contribution in [0.5, 0.6) is 0 Å². The quantitative estimate of drug-likeness (QED) is 0.258. The summed E-state index contributed by atoms with van der Waals surface area (Å²) in [5.41, 5.74) is -0.0389. The number of aliphatic carboxylic acids is 1. The van der Waals surface area contributed by atoms with E-state index in [-0.39, 0.29) is 64.5 Å². The molecule has 0 aromatic rings. The van der Waals surface area contributed by atoms with Crippen molar-refractivity contribution in [2.24, 2.45) is 79.8 Å². The first kappa shape index (κ1) is 40.6. The number of carbonyl (C=O) groups excluding carboxylic acids is 2. The highest BCUT2D eigenvalue weighted by atomic mass is 19.3. The number of hydrogen-bond acceptors (Lipinski definition) is 5. The Morgan fingerprint density at radius 3 is 2.09 bits per heavy atom. The number of fused-ring (bicyclic) bond motifs is 7. The van der Waals surface area contributed by atoms with Crippen molar-refractivity contribution in [3.63, 3.8) is 0 Å². The van der Waals surface area contributed by atoms with Crippen LogP contribution in [0.25, 0.3) is 0 Å². The van der Waals surface area contributed by atoms with Crippen molar-refractivity contribution in [3.05, 3.63) is 0 Å². The lowest BCUT2D eigenvalue weighted by atomic mass is 9.33. The Balaban J connectivity index is 0.942. The van der Waals surface area contributed by atoms with Gasteiger partial charge >= 0.3 is 11.9 Å². The maximum Gasteiger partial charge on any atom is 0.309 e. The molecule has 2 aliphatic heterocycles. The number of esters is 1. The average molecular weight is 797 g/mol. The minimum Gasteiger partial charge on any atom is -0.481 e. The SMILES string of the molecule is C[C@@H]1C2CC[C@]3(C)C(CC[C@@H]4C5[C@H](C6(C)CC6)CC[C@]5(C(=O)N5CCC[C@H]5CN5CCC(F)(F)CC5)CC[C@]43C)[C@@]2(C)CC[C@@H]1OC(=O)[C@H]1C[C@@H](C(=O)O)C1(C)C. The summed E-state index contributed by atoms with van der Waals surface area (Å²) < 4.78 is 34.5. The van der Waals surface area contributed by atoms with E-state index in [2.05, 4.69) is 44.4 Å². The smallest absolute Gasteiger partial charge is 0.309 e. The minimum atomic E-state index is -2.55. The molecular formula is C48H74F2N2O5.